The van der Waals surface area contributed by atoms with Gasteiger partial charge >= 0.3 is 6.36 Å². The Morgan fingerprint density at radius 3 is 2.07 bits per heavy atom. The van der Waals surface area contributed by atoms with Gasteiger partial charge in [0.05, 0.1) is 6.61 Å². The van der Waals surface area contributed by atoms with Crippen molar-refractivity contribution in [1.29, 1.82) is 0 Å². The van der Waals surface area contributed by atoms with Crippen molar-refractivity contribution in [3.8, 4) is 17.2 Å². The molecule has 5 nitrogen and oxygen atoms in total. The third-order valence-electron chi connectivity index (χ3n) is 4.84. The first-order valence-electron chi connectivity index (χ1n) is 9.56. The number of nitrogens with zero attached hydrogens (tertiary/aromatic N) is 1. The summed E-state index contributed by atoms with van der Waals surface area (Å²) in [6.07, 6.45) is -2.76. The van der Waals surface area contributed by atoms with Crippen LogP contribution in [0.5, 0.6) is 17.2 Å². The second kappa shape index (κ2) is 8.41. The number of hydrogen-bond donors (Lipinski definition) is 0. The monoisotopic (exact) mass is 409 g/mol. The number of ether oxygens (including phenoxy) is 4. The lowest BCUT2D eigenvalue weighted by Gasteiger charge is -2.33. The molecule has 0 saturated carbocycles. The molecule has 29 heavy (non-hydrogen) atoms. The molecule has 2 fully saturated rings. The van der Waals surface area contributed by atoms with E-state index in [4.69, 9.17) is 14.2 Å². The van der Waals surface area contributed by atoms with E-state index in [2.05, 4.69) is 9.64 Å². The summed E-state index contributed by atoms with van der Waals surface area (Å²) in [4.78, 5) is 2.29. The molecule has 1 unspecified atom stereocenters. The number of benzene rings is 2. The van der Waals surface area contributed by atoms with Crippen LogP contribution in [0.1, 0.15) is 12.8 Å². The molecule has 2 aliphatic heterocycles. The molecule has 0 spiro atoms. The van der Waals surface area contributed by atoms with Gasteiger partial charge in [-0.2, -0.15) is 0 Å². The maximum Gasteiger partial charge on any atom is 0.573 e. The molecule has 2 heterocycles. The molecule has 4 rings (SSSR count). The molecule has 0 amide bonds. The maximum atomic E-state index is 12.2. The van der Waals surface area contributed by atoms with Gasteiger partial charge in [-0.25, -0.2) is 0 Å². The van der Waals surface area contributed by atoms with Crippen molar-refractivity contribution in [2.45, 2.75) is 31.4 Å². The summed E-state index contributed by atoms with van der Waals surface area (Å²) in [6.45, 7) is 3.05. The van der Waals surface area contributed by atoms with Crippen molar-refractivity contribution in [2.24, 2.45) is 0 Å². The van der Waals surface area contributed by atoms with Gasteiger partial charge in [0.2, 0.25) is 0 Å². The highest BCUT2D eigenvalue weighted by molar-refractivity contribution is 5.49. The molecule has 2 aromatic carbocycles. The first-order chi connectivity index (χ1) is 13.9. The van der Waals surface area contributed by atoms with Crippen LogP contribution < -0.4 is 19.1 Å². The molecular formula is C21H22F3NO4. The van der Waals surface area contributed by atoms with Gasteiger partial charge in [-0.3, -0.25) is 0 Å². The normalized spacial score (nSPS) is 19.7. The zero-order valence-corrected chi connectivity index (χ0v) is 15.7. The number of piperidine rings is 1. The molecule has 8 heteroatoms. The first kappa shape index (κ1) is 19.7. The smallest absolute Gasteiger partial charge is 0.491 e. The third kappa shape index (κ3) is 5.93. The van der Waals surface area contributed by atoms with Crippen LogP contribution in [0.4, 0.5) is 18.9 Å². The molecule has 156 valence electrons. The summed E-state index contributed by atoms with van der Waals surface area (Å²) in [5.74, 6) is 1.12. The van der Waals surface area contributed by atoms with Crippen molar-refractivity contribution in [3.63, 3.8) is 0 Å². The lowest BCUT2D eigenvalue weighted by molar-refractivity contribution is -0.274. The third-order valence-corrected chi connectivity index (χ3v) is 4.84. The van der Waals surface area contributed by atoms with Crippen LogP contribution >= 0.6 is 0 Å². The van der Waals surface area contributed by atoms with E-state index in [9.17, 15) is 13.2 Å². The van der Waals surface area contributed by atoms with Crippen LogP contribution in [-0.2, 0) is 4.74 Å². The Balaban J connectivity index is 1.23. The van der Waals surface area contributed by atoms with E-state index in [1.54, 1.807) is 0 Å². The average molecular weight is 409 g/mol. The summed E-state index contributed by atoms with van der Waals surface area (Å²) in [6, 6.07) is 13.5. The van der Waals surface area contributed by atoms with Crippen LogP contribution in [-0.4, -0.2) is 44.9 Å². The number of anilines is 1. The lowest BCUT2D eigenvalue weighted by Crippen LogP contribution is -2.38. The standard InChI is InChI=1S/C21H22F3NO4/c22-21(23,24)29-19-7-5-17(6-8-19)28-18-9-11-25(12-10-18)15-1-3-16(4-2-15)26-13-20-14-27-20/h1-8,18,20H,9-14H2. The van der Waals surface area contributed by atoms with Gasteiger partial charge in [-0.05, 0) is 48.5 Å². The van der Waals surface area contributed by atoms with E-state index in [1.807, 2.05) is 24.3 Å². The second-order valence-electron chi connectivity index (χ2n) is 7.08. The van der Waals surface area contributed by atoms with Crippen LogP contribution in [0.25, 0.3) is 0 Å². The van der Waals surface area contributed by atoms with Crippen LogP contribution in [0.3, 0.4) is 0 Å². The van der Waals surface area contributed by atoms with Crippen LogP contribution in [0.15, 0.2) is 48.5 Å². The van der Waals surface area contributed by atoms with Crippen molar-refractivity contribution in [2.75, 3.05) is 31.2 Å². The van der Waals surface area contributed by atoms with E-state index >= 15 is 0 Å². The van der Waals surface area contributed by atoms with Crippen molar-refractivity contribution in [3.05, 3.63) is 48.5 Å². The number of epoxide rings is 1. The average Bonchev–Trinajstić information content (AvgIpc) is 3.52. The summed E-state index contributed by atoms with van der Waals surface area (Å²) in [7, 11) is 0. The highest BCUT2D eigenvalue weighted by Crippen LogP contribution is 2.28. The molecule has 0 radical (unpaired) electrons. The van der Waals surface area contributed by atoms with Crippen LogP contribution in [0.2, 0.25) is 0 Å². The molecule has 0 bridgehead atoms. The molecule has 0 aliphatic carbocycles. The Bertz CT molecular complexity index is 783. The number of halogens is 3. The Labute approximate surface area is 166 Å². The van der Waals surface area contributed by atoms with E-state index < -0.39 is 6.36 Å². The number of hydrogen-bond acceptors (Lipinski definition) is 5. The zero-order chi connectivity index (χ0) is 20.3. The van der Waals surface area contributed by atoms with Crippen molar-refractivity contribution >= 4 is 5.69 Å². The first-order valence-corrected chi connectivity index (χ1v) is 9.56. The molecule has 2 aliphatic rings. The molecule has 2 saturated heterocycles. The van der Waals surface area contributed by atoms with Crippen LogP contribution in [0, 0.1) is 0 Å². The van der Waals surface area contributed by atoms with Gasteiger partial charge in [0.1, 0.15) is 36.1 Å². The maximum absolute atomic E-state index is 12.2. The molecule has 0 aromatic heterocycles. The summed E-state index contributed by atoms with van der Waals surface area (Å²) in [5, 5.41) is 0. The second-order valence-corrected chi connectivity index (χ2v) is 7.08. The minimum Gasteiger partial charge on any atom is -0.491 e. The summed E-state index contributed by atoms with van der Waals surface area (Å²) >= 11 is 0. The molecule has 2 aromatic rings. The van der Waals surface area contributed by atoms with E-state index in [0.29, 0.717) is 12.4 Å². The van der Waals surface area contributed by atoms with Gasteiger partial charge in [-0.1, -0.05) is 0 Å². The fraction of sp³-hybridized carbons (Fsp3) is 0.429. The summed E-state index contributed by atoms with van der Waals surface area (Å²) < 4.78 is 57.2. The SMILES string of the molecule is FC(F)(F)Oc1ccc(OC2CCN(c3ccc(OCC4CO4)cc3)CC2)cc1. The Hall–Kier alpha value is -2.61. The Kier molecular flexibility index (Phi) is 5.71. The predicted molar refractivity (Wildman–Crippen MR) is 101 cm³/mol. The number of rotatable bonds is 7. The molecule has 0 N–H and O–H groups in total. The quantitative estimate of drug-likeness (QED) is 0.634. The molecule has 1 atom stereocenters. The van der Waals surface area contributed by atoms with Crippen molar-refractivity contribution in [1.82, 2.24) is 0 Å². The van der Waals surface area contributed by atoms with E-state index in [0.717, 1.165) is 44.0 Å². The van der Waals surface area contributed by atoms with Gasteiger partial charge in [0.15, 0.2) is 0 Å². The fourth-order valence-corrected chi connectivity index (χ4v) is 3.25. The summed E-state index contributed by atoms with van der Waals surface area (Å²) in [5.41, 5.74) is 1.13. The minimum atomic E-state index is -4.69. The van der Waals surface area contributed by atoms with Gasteiger partial charge in [0.25, 0.3) is 0 Å². The molecular weight excluding hydrogens is 387 g/mol. The zero-order valence-electron chi connectivity index (χ0n) is 15.7. The Morgan fingerprint density at radius 2 is 1.48 bits per heavy atom. The fourth-order valence-electron chi connectivity index (χ4n) is 3.25. The predicted octanol–water partition coefficient (Wildman–Crippen LogP) is 4.41. The number of alkyl halides is 3. The lowest BCUT2D eigenvalue weighted by atomic mass is 10.1. The topological polar surface area (TPSA) is 43.5 Å². The highest BCUT2D eigenvalue weighted by Gasteiger charge is 2.31. The van der Waals surface area contributed by atoms with E-state index in [-0.39, 0.29) is 18.0 Å². The minimum absolute atomic E-state index is 0.0294. The van der Waals surface area contributed by atoms with Crippen molar-refractivity contribution < 1.29 is 32.1 Å². The largest absolute Gasteiger partial charge is 0.573 e. The Morgan fingerprint density at radius 1 is 0.897 bits per heavy atom. The van der Waals surface area contributed by atoms with E-state index in [1.165, 1.54) is 24.3 Å². The van der Waals surface area contributed by atoms with Gasteiger partial charge in [-0.15, -0.1) is 13.2 Å². The van der Waals surface area contributed by atoms with Gasteiger partial charge in [0, 0.05) is 31.6 Å². The van der Waals surface area contributed by atoms with Gasteiger partial charge < -0.3 is 23.8 Å². The highest BCUT2D eigenvalue weighted by atomic mass is 19.4.